The van der Waals surface area contributed by atoms with E-state index < -0.39 is 21.9 Å². The molecule has 23 heavy (non-hydrogen) atoms. The van der Waals surface area contributed by atoms with Crippen LogP contribution in [0, 0.1) is 33.6 Å². The van der Waals surface area contributed by atoms with Crippen LogP contribution in [0.3, 0.4) is 0 Å². The summed E-state index contributed by atoms with van der Waals surface area (Å²) in [6, 6.07) is 1.98. The van der Waals surface area contributed by atoms with E-state index in [9.17, 15) is 13.2 Å². The predicted molar refractivity (Wildman–Crippen MR) is 91.0 cm³/mol. The van der Waals surface area contributed by atoms with Crippen LogP contribution in [-0.4, -0.2) is 27.0 Å². The molecule has 130 valence electrons. The maximum absolute atomic E-state index is 12.7. The molecule has 0 radical (unpaired) electrons. The molecule has 0 bridgehead atoms. The van der Waals surface area contributed by atoms with Gasteiger partial charge in [-0.1, -0.05) is 13.0 Å². The molecule has 0 saturated carbocycles. The zero-order valence-corrected chi connectivity index (χ0v) is 15.8. The number of aryl methyl sites for hydroxylation is 2. The third-order valence-electron chi connectivity index (χ3n) is 3.90. The van der Waals surface area contributed by atoms with E-state index in [4.69, 9.17) is 4.74 Å². The lowest BCUT2D eigenvalue weighted by Crippen LogP contribution is -2.34. The highest BCUT2D eigenvalue weighted by atomic mass is 32.2. The molecule has 0 aliphatic heterocycles. The van der Waals surface area contributed by atoms with Crippen molar-refractivity contribution in [3.63, 3.8) is 0 Å². The van der Waals surface area contributed by atoms with Crippen LogP contribution in [0.1, 0.15) is 43.0 Å². The van der Waals surface area contributed by atoms with E-state index in [1.54, 1.807) is 34.6 Å². The standard InChI is InChI=1S/C17H27NO4S/c1-10(2)22-17(19)13(5)9-18-23(20,21)16-14(6)11(3)8-12(4)15(16)7/h8,10,13,18H,9H2,1-7H3/t13-/m1/s1. The summed E-state index contributed by atoms with van der Waals surface area (Å²) in [7, 11) is -3.68. The van der Waals surface area contributed by atoms with Gasteiger partial charge in [0.05, 0.1) is 16.9 Å². The summed E-state index contributed by atoms with van der Waals surface area (Å²) in [6.07, 6.45) is -0.217. The molecule has 1 atom stereocenters. The molecule has 1 rings (SSSR count). The second-order valence-corrected chi connectivity index (χ2v) is 8.03. The van der Waals surface area contributed by atoms with Crippen molar-refractivity contribution in [1.82, 2.24) is 4.72 Å². The monoisotopic (exact) mass is 341 g/mol. The molecule has 0 fully saturated rings. The summed E-state index contributed by atoms with van der Waals surface area (Å²) in [5, 5.41) is 0. The third-order valence-corrected chi connectivity index (χ3v) is 5.60. The fourth-order valence-electron chi connectivity index (χ4n) is 2.32. The minimum Gasteiger partial charge on any atom is -0.463 e. The quantitative estimate of drug-likeness (QED) is 0.808. The number of nitrogens with one attached hydrogen (secondary N) is 1. The van der Waals surface area contributed by atoms with E-state index >= 15 is 0 Å². The van der Waals surface area contributed by atoms with Gasteiger partial charge in [0.25, 0.3) is 0 Å². The highest BCUT2D eigenvalue weighted by Crippen LogP contribution is 2.25. The fraction of sp³-hybridized carbons (Fsp3) is 0.588. The van der Waals surface area contributed by atoms with Gasteiger partial charge in [0, 0.05) is 6.54 Å². The van der Waals surface area contributed by atoms with E-state index in [0.717, 1.165) is 22.3 Å². The molecule has 0 unspecified atom stereocenters. The molecule has 0 heterocycles. The van der Waals surface area contributed by atoms with Crippen molar-refractivity contribution in [2.24, 2.45) is 5.92 Å². The lowest BCUT2D eigenvalue weighted by atomic mass is 10.0. The van der Waals surface area contributed by atoms with Crippen LogP contribution in [0.2, 0.25) is 0 Å². The Labute approximate surface area is 139 Å². The van der Waals surface area contributed by atoms with Gasteiger partial charge in [-0.2, -0.15) is 0 Å². The number of esters is 1. The largest absolute Gasteiger partial charge is 0.463 e. The molecule has 5 nitrogen and oxygen atoms in total. The molecule has 0 saturated heterocycles. The minimum atomic E-state index is -3.68. The summed E-state index contributed by atoms with van der Waals surface area (Å²) < 4.78 is 33.0. The summed E-state index contributed by atoms with van der Waals surface area (Å²) >= 11 is 0. The maximum Gasteiger partial charge on any atom is 0.310 e. The van der Waals surface area contributed by atoms with Crippen LogP contribution in [0.25, 0.3) is 0 Å². The van der Waals surface area contributed by atoms with E-state index in [1.807, 2.05) is 19.9 Å². The molecule has 6 heteroatoms. The van der Waals surface area contributed by atoms with E-state index in [0.29, 0.717) is 4.90 Å². The van der Waals surface area contributed by atoms with Crippen molar-refractivity contribution in [3.05, 3.63) is 28.3 Å². The number of sulfonamides is 1. The van der Waals surface area contributed by atoms with Crippen molar-refractivity contribution in [2.75, 3.05) is 6.54 Å². The normalized spacial score (nSPS) is 13.2. The molecule has 0 spiro atoms. The van der Waals surface area contributed by atoms with Gasteiger partial charge >= 0.3 is 5.97 Å². The Morgan fingerprint density at radius 3 is 2.00 bits per heavy atom. The maximum atomic E-state index is 12.7. The second-order valence-electron chi connectivity index (χ2n) is 6.33. The molecule has 0 aromatic heterocycles. The number of benzene rings is 1. The Morgan fingerprint density at radius 1 is 1.09 bits per heavy atom. The molecule has 1 aromatic carbocycles. The van der Waals surface area contributed by atoms with Gasteiger partial charge < -0.3 is 4.74 Å². The van der Waals surface area contributed by atoms with Crippen LogP contribution < -0.4 is 4.72 Å². The number of carbonyl (C=O) groups is 1. The zero-order chi connectivity index (χ0) is 17.9. The summed E-state index contributed by atoms with van der Waals surface area (Å²) in [6.45, 7) is 12.6. The molecule has 0 aliphatic carbocycles. The zero-order valence-electron chi connectivity index (χ0n) is 15.0. The van der Waals surface area contributed by atoms with Gasteiger partial charge in [0.2, 0.25) is 10.0 Å². The summed E-state index contributed by atoms with van der Waals surface area (Å²) in [4.78, 5) is 12.1. The SMILES string of the molecule is Cc1cc(C)c(C)c(S(=O)(=O)NC[C@@H](C)C(=O)OC(C)C)c1C. The topological polar surface area (TPSA) is 72.5 Å². The van der Waals surface area contributed by atoms with Crippen molar-refractivity contribution in [3.8, 4) is 0 Å². The average molecular weight is 341 g/mol. The number of rotatable bonds is 6. The summed E-state index contributed by atoms with van der Waals surface area (Å²) in [5.41, 5.74) is 3.33. The van der Waals surface area contributed by atoms with Crippen molar-refractivity contribution < 1.29 is 17.9 Å². The van der Waals surface area contributed by atoms with Gasteiger partial charge in [-0.15, -0.1) is 0 Å². The lowest BCUT2D eigenvalue weighted by Gasteiger charge is -2.18. The first kappa shape index (κ1) is 19.6. The smallest absolute Gasteiger partial charge is 0.310 e. The van der Waals surface area contributed by atoms with E-state index in [-0.39, 0.29) is 12.6 Å². The van der Waals surface area contributed by atoms with Crippen LogP contribution in [-0.2, 0) is 19.6 Å². The van der Waals surface area contributed by atoms with Crippen LogP contribution in [0.15, 0.2) is 11.0 Å². The van der Waals surface area contributed by atoms with Gasteiger partial charge in [-0.3, -0.25) is 4.79 Å². The Balaban J connectivity index is 3.00. The number of hydrogen-bond acceptors (Lipinski definition) is 4. The number of ether oxygens (including phenoxy) is 1. The van der Waals surface area contributed by atoms with Gasteiger partial charge in [0.1, 0.15) is 0 Å². The molecule has 1 N–H and O–H groups in total. The predicted octanol–water partition coefficient (Wildman–Crippen LogP) is 2.79. The molecule has 0 amide bonds. The van der Waals surface area contributed by atoms with Crippen molar-refractivity contribution >= 4 is 16.0 Å². The Bertz CT molecular complexity index is 667. The Hall–Kier alpha value is -1.40. The van der Waals surface area contributed by atoms with E-state index in [2.05, 4.69) is 4.72 Å². The van der Waals surface area contributed by atoms with Crippen LogP contribution in [0.5, 0.6) is 0 Å². The first-order chi connectivity index (χ1) is 10.5. The van der Waals surface area contributed by atoms with Gasteiger partial charge in [-0.25, -0.2) is 13.1 Å². The Kier molecular flexibility index (Phi) is 6.36. The molecular weight excluding hydrogens is 314 g/mol. The lowest BCUT2D eigenvalue weighted by molar-refractivity contribution is -0.151. The van der Waals surface area contributed by atoms with Crippen LogP contribution in [0.4, 0.5) is 0 Å². The third kappa shape index (κ3) is 4.78. The minimum absolute atomic E-state index is 0.0136. The molecule has 1 aromatic rings. The highest BCUT2D eigenvalue weighted by Gasteiger charge is 2.24. The fourth-order valence-corrected chi connectivity index (χ4v) is 4.06. The van der Waals surface area contributed by atoms with Crippen molar-refractivity contribution in [2.45, 2.75) is 59.5 Å². The second kappa shape index (κ2) is 7.45. The first-order valence-electron chi connectivity index (χ1n) is 7.75. The number of hydrogen-bond donors (Lipinski definition) is 1. The first-order valence-corrected chi connectivity index (χ1v) is 9.23. The van der Waals surface area contributed by atoms with Gasteiger partial charge in [0.15, 0.2) is 0 Å². The van der Waals surface area contributed by atoms with Crippen LogP contribution >= 0.6 is 0 Å². The number of carbonyl (C=O) groups excluding carboxylic acids is 1. The molecule has 0 aliphatic rings. The van der Waals surface area contributed by atoms with E-state index in [1.165, 1.54) is 0 Å². The average Bonchev–Trinajstić information content (AvgIpc) is 2.42. The molecular formula is C17H27NO4S. The van der Waals surface area contributed by atoms with Crippen molar-refractivity contribution in [1.29, 1.82) is 0 Å². The van der Waals surface area contributed by atoms with Gasteiger partial charge in [-0.05, 0) is 63.8 Å². The Morgan fingerprint density at radius 2 is 1.57 bits per heavy atom. The highest BCUT2D eigenvalue weighted by molar-refractivity contribution is 7.89. The summed E-state index contributed by atoms with van der Waals surface area (Å²) in [5.74, 6) is -0.949.